The number of hydrogen-bond donors (Lipinski definition) is 0. The number of hydrogen-bond acceptors (Lipinski definition) is 5. The Bertz CT molecular complexity index is 749. The Kier molecular flexibility index (Phi) is 3.21. The number of sulfone groups is 1. The molecule has 1 aromatic heterocycles. The summed E-state index contributed by atoms with van der Waals surface area (Å²) in [7, 11) is -2.98. The van der Waals surface area contributed by atoms with Crippen molar-refractivity contribution in [2.45, 2.75) is 18.9 Å². The van der Waals surface area contributed by atoms with E-state index in [1.54, 1.807) is 0 Å². The van der Waals surface area contributed by atoms with E-state index in [0.717, 1.165) is 16.7 Å². The molecule has 0 bridgehead atoms. The van der Waals surface area contributed by atoms with Gasteiger partial charge in [-0.05, 0) is 12.0 Å². The van der Waals surface area contributed by atoms with Gasteiger partial charge in [-0.25, -0.2) is 13.2 Å². The first-order valence-electron chi connectivity index (χ1n) is 6.36. The maximum atomic E-state index is 11.6. The van der Waals surface area contributed by atoms with Crippen LogP contribution in [-0.2, 0) is 22.7 Å². The number of benzene rings is 1. The molecule has 1 saturated heterocycles. The van der Waals surface area contributed by atoms with E-state index in [1.807, 2.05) is 30.3 Å². The van der Waals surface area contributed by atoms with Gasteiger partial charge >= 0.3 is 5.76 Å². The van der Waals surface area contributed by atoms with E-state index in [-0.39, 0.29) is 17.5 Å². The number of rotatable bonds is 4. The van der Waals surface area contributed by atoms with Crippen LogP contribution >= 0.6 is 0 Å². The molecule has 20 heavy (non-hydrogen) atoms. The van der Waals surface area contributed by atoms with Gasteiger partial charge in [-0.2, -0.15) is 4.68 Å². The molecule has 1 aliphatic rings. The van der Waals surface area contributed by atoms with E-state index < -0.39 is 15.6 Å². The quantitative estimate of drug-likeness (QED) is 0.824. The minimum Gasteiger partial charge on any atom is -0.392 e. The fourth-order valence-electron chi connectivity index (χ4n) is 2.24. The molecule has 0 amide bonds. The van der Waals surface area contributed by atoms with E-state index in [1.165, 1.54) is 0 Å². The van der Waals surface area contributed by atoms with E-state index >= 15 is 0 Å². The van der Waals surface area contributed by atoms with Crippen molar-refractivity contribution in [3.05, 3.63) is 52.3 Å². The number of nitrogens with zero attached hydrogens (tertiary/aromatic N) is 2. The van der Waals surface area contributed by atoms with Crippen molar-refractivity contribution in [1.82, 2.24) is 9.78 Å². The van der Waals surface area contributed by atoms with Crippen LogP contribution < -0.4 is 5.76 Å². The van der Waals surface area contributed by atoms with Crippen LogP contribution in [0.25, 0.3) is 0 Å². The Balaban J connectivity index is 1.69. The fraction of sp³-hybridized carbons (Fsp3) is 0.385. The lowest BCUT2D eigenvalue weighted by Gasteiger charge is -2.23. The Morgan fingerprint density at radius 3 is 2.55 bits per heavy atom. The first-order valence-corrected chi connectivity index (χ1v) is 8.18. The highest BCUT2D eigenvalue weighted by Gasteiger charge is 2.37. The van der Waals surface area contributed by atoms with Crippen molar-refractivity contribution >= 4 is 9.84 Å². The summed E-state index contributed by atoms with van der Waals surface area (Å²) in [6, 6.07) is 9.45. The van der Waals surface area contributed by atoms with Gasteiger partial charge in [0, 0.05) is 6.42 Å². The third-order valence-corrected chi connectivity index (χ3v) is 5.11. The molecule has 0 aliphatic carbocycles. The van der Waals surface area contributed by atoms with Crippen LogP contribution in [-0.4, -0.2) is 29.7 Å². The zero-order valence-electron chi connectivity index (χ0n) is 10.7. The lowest BCUT2D eigenvalue weighted by Crippen LogP contribution is -2.42. The Hall–Kier alpha value is -1.89. The predicted molar refractivity (Wildman–Crippen MR) is 72.3 cm³/mol. The molecule has 0 saturated carbocycles. The maximum absolute atomic E-state index is 11.6. The number of aromatic nitrogens is 2. The summed E-state index contributed by atoms with van der Waals surface area (Å²) in [4.78, 5) is 11.6. The second-order valence-electron chi connectivity index (χ2n) is 4.92. The second kappa shape index (κ2) is 4.90. The van der Waals surface area contributed by atoms with E-state index in [9.17, 15) is 13.2 Å². The first-order chi connectivity index (χ1) is 9.53. The lowest BCUT2D eigenvalue weighted by molar-refractivity contribution is 0.416. The highest BCUT2D eigenvalue weighted by Crippen LogP contribution is 2.21. The van der Waals surface area contributed by atoms with Gasteiger partial charge in [0.15, 0.2) is 9.84 Å². The predicted octanol–water partition coefficient (Wildman–Crippen LogP) is 0.591. The normalized spacial score (nSPS) is 17.8. The summed E-state index contributed by atoms with van der Waals surface area (Å²) in [6.07, 6.45) is 1.25. The molecular formula is C13H14N2O4S. The van der Waals surface area contributed by atoms with Gasteiger partial charge in [0.05, 0.1) is 17.5 Å². The Morgan fingerprint density at radius 1 is 1.20 bits per heavy atom. The van der Waals surface area contributed by atoms with E-state index in [4.69, 9.17) is 4.42 Å². The molecule has 0 radical (unpaired) electrons. The second-order valence-corrected chi connectivity index (χ2v) is 7.08. The Labute approximate surface area is 116 Å². The zero-order valence-corrected chi connectivity index (χ0v) is 11.5. The van der Waals surface area contributed by atoms with Gasteiger partial charge in [0.2, 0.25) is 5.89 Å². The summed E-state index contributed by atoms with van der Waals surface area (Å²) in [5.41, 5.74) is 1.14. The molecule has 1 aliphatic heterocycles. The standard InChI is InChI=1S/C13H14N2O4S/c16-13-15(11-8-20(17,18)9-11)14-12(19-13)7-6-10-4-2-1-3-5-10/h1-5,11H,6-9H2. The van der Waals surface area contributed by atoms with E-state index in [0.29, 0.717) is 12.3 Å². The molecule has 0 spiro atoms. The maximum Gasteiger partial charge on any atom is 0.437 e. The highest BCUT2D eigenvalue weighted by atomic mass is 32.2. The van der Waals surface area contributed by atoms with Gasteiger partial charge in [-0.15, -0.1) is 5.10 Å². The molecule has 0 N–H and O–H groups in total. The minimum atomic E-state index is -2.98. The summed E-state index contributed by atoms with van der Waals surface area (Å²) in [5, 5.41) is 4.09. The molecule has 7 heteroatoms. The average Bonchev–Trinajstić information content (AvgIpc) is 2.76. The minimum absolute atomic E-state index is 0.0302. The van der Waals surface area contributed by atoms with E-state index in [2.05, 4.69) is 5.10 Å². The molecule has 1 fully saturated rings. The van der Waals surface area contributed by atoms with Gasteiger partial charge in [-0.3, -0.25) is 0 Å². The van der Waals surface area contributed by atoms with Crippen molar-refractivity contribution in [2.24, 2.45) is 0 Å². The summed E-state index contributed by atoms with van der Waals surface area (Å²) in [6.45, 7) is 0. The monoisotopic (exact) mass is 294 g/mol. The van der Waals surface area contributed by atoms with Crippen LogP contribution in [0.3, 0.4) is 0 Å². The third kappa shape index (κ3) is 2.67. The van der Waals surface area contributed by atoms with Crippen LogP contribution in [0.1, 0.15) is 17.5 Å². The van der Waals surface area contributed by atoms with Crippen molar-refractivity contribution in [1.29, 1.82) is 0 Å². The molecule has 2 aromatic rings. The molecule has 0 atom stereocenters. The SMILES string of the molecule is O=c1oc(CCc2ccccc2)nn1C1CS(=O)(=O)C1. The van der Waals surface area contributed by atoms with Gasteiger partial charge in [0.25, 0.3) is 0 Å². The molecular weight excluding hydrogens is 280 g/mol. The van der Waals surface area contributed by atoms with Crippen molar-refractivity contribution in [3.8, 4) is 0 Å². The van der Waals surface area contributed by atoms with Gasteiger partial charge in [-0.1, -0.05) is 30.3 Å². The van der Waals surface area contributed by atoms with Crippen LogP contribution in [0.15, 0.2) is 39.5 Å². The molecule has 2 heterocycles. The van der Waals surface area contributed by atoms with Crippen LogP contribution in [0.5, 0.6) is 0 Å². The molecule has 0 unspecified atom stereocenters. The topological polar surface area (TPSA) is 82.2 Å². The number of aryl methyl sites for hydroxylation is 2. The fourth-order valence-corrected chi connectivity index (χ4v) is 3.59. The van der Waals surface area contributed by atoms with Crippen LogP contribution in [0.2, 0.25) is 0 Å². The van der Waals surface area contributed by atoms with Crippen molar-refractivity contribution in [3.63, 3.8) is 0 Å². The van der Waals surface area contributed by atoms with Crippen molar-refractivity contribution < 1.29 is 12.8 Å². The summed E-state index contributed by atoms with van der Waals surface area (Å²) in [5.74, 6) is -0.286. The van der Waals surface area contributed by atoms with Crippen LogP contribution in [0, 0.1) is 0 Å². The third-order valence-electron chi connectivity index (χ3n) is 3.32. The Morgan fingerprint density at radius 2 is 1.90 bits per heavy atom. The lowest BCUT2D eigenvalue weighted by atomic mass is 10.1. The highest BCUT2D eigenvalue weighted by molar-refractivity contribution is 7.92. The molecule has 6 nitrogen and oxygen atoms in total. The largest absolute Gasteiger partial charge is 0.437 e. The molecule has 106 valence electrons. The molecule has 1 aromatic carbocycles. The van der Waals surface area contributed by atoms with Gasteiger partial charge < -0.3 is 4.42 Å². The first kappa shape index (κ1) is 13.1. The summed E-state index contributed by atoms with van der Waals surface area (Å²) >= 11 is 0. The zero-order chi connectivity index (χ0) is 14.2. The smallest absolute Gasteiger partial charge is 0.392 e. The molecule has 3 rings (SSSR count). The van der Waals surface area contributed by atoms with Gasteiger partial charge in [0.1, 0.15) is 0 Å². The average molecular weight is 294 g/mol. The van der Waals surface area contributed by atoms with Crippen molar-refractivity contribution in [2.75, 3.05) is 11.5 Å². The summed E-state index contributed by atoms with van der Waals surface area (Å²) < 4.78 is 28.5. The van der Waals surface area contributed by atoms with Crippen LogP contribution in [0.4, 0.5) is 0 Å².